The summed E-state index contributed by atoms with van der Waals surface area (Å²) in [6.07, 6.45) is 4.63. The van der Waals surface area contributed by atoms with Crippen molar-refractivity contribution in [3.63, 3.8) is 0 Å². The summed E-state index contributed by atoms with van der Waals surface area (Å²) in [6, 6.07) is 2.84. The summed E-state index contributed by atoms with van der Waals surface area (Å²) in [5, 5.41) is 3.47. The fourth-order valence-electron chi connectivity index (χ4n) is 2.93. The molecule has 6 heteroatoms. The van der Waals surface area contributed by atoms with E-state index < -0.39 is 6.17 Å². The minimum Gasteiger partial charge on any atom is -0.310 e. The Bertz CT molecular complexity index is 1100. The molecule has 3 aromatic rings. The van der Waals surface area contributed by atoms with Crippen LogP contribution in [-0.4, -0.2) is 45.4 Å². The highest BCUT2D eigenvalue weighted by Gasteiger charge is 2.15. The van der Waals surface area contributed by atoms with Gasteiger partial charge in [-0.05, 0) is 44.1 Å². The van der Waals surface area contributed by atoms with Crippen molar-refractivity contribution in [3.05, 3.63) is 49.0 Å². The first-order chi connectivity index (χ1) is 13.9. The van der Waals surface area contributed by atoms with E-state index in [1.165, 1.54) is 6.20 Å². The Kier molecular flexibility index (Phi) is 3.24. The molecule has 0 aromatic carbocycles. The molecule has 1 saturated heterocycles. The summed E-state index contributed by atoms with van der Waals surface area (Å²) in [7, 11) is 0. The van der Waals surface area contributed by atoms with E-state index >= 15 is 0 Å². The first-order valence-electron chi connectivity index (χ1n) is 10.1. The molecule has 126 valence electrons. The van der Waals surface area contributed by atoms with Crippen LogP contribution in [0.25, 0.3) is 22.0 Å². The van der Waals surface area contributed by atoms with Gasteiger partial charge in [0.2, 0.25) is 5.91 Å². The molecule has 25 heavy (non-hydrogen) atoms. The van der Waals surface area contributed by atoms with Gasteiger partial charge in [-0.3, -0.25) is 19.7 Å². The highest BCUT2D eigenvalue weighted by molar-refractivity contribution is 5.93. The monoisotopic (exact) mass is 337 g/mol. The van der Waals surface area contributed by atoms with E-state index in [0.717, 1.165) is 25.9 Å². The molecule has 1 fully saturated rings. The normalized spacial score (nSPS) is 17.0. The van der Waals surface area contributed by atoms with Gasteiger partial charge in [0.05, 0.1) is 23.7 Å². The van der Waals surface area contributed by atoms with Gasteiger partial charge in [-0.15, -0.1) is 0 Å². The van der Waals surface area contributed by atoms with Crippen molar-refractivity contribution in [2.45, 2.75) is 12.8 Å². The van der Waals surface area contributed by atoms with E-state index in [4.69, 9.17) is 5.48 Å². The topological polar surface area (TPSA) is 71.0 Å². The van der Waals surface area contributed by atoms with E-state index in [9.17, 15) is 4.79 Å². The molecule has 0 atom stereocenters. The van der Waals surface area contributed by atoms with Crippen molar-refractivity contribution in [1.82, 2.24) is 19.9 Å². The van der Waals surface area contributed by atoms with Crippen molar-refractivity contribution in [3.8, 4) is 11.1 Å². The SMILES string of the molecule is [2H]c1nc([2H])c(-c2cnc3cnc(NC(=O)CN4CCCC4)cc3c2)c([2H])c1[2H]. The van der Waals surface area contributed by atoms with E-state index in [2.05, 4.69) is 25.2 Å². The van der Waals surface area contributed by atoms with Crippen LogP contribution in [0.2, 0.25) is 0 Å². The van der Waals surface area contributed by atoms with Gasteiger partial charge in [0.25, 0.3) is 0 Å². The quantitative estimate of drug-likeness (QED) is 0.792. The molecule has 0 unspecified atom stereocenters. The molecule has 1 aliphatic rings. The van der Waals surface area contributed by atoms with Gasteiger partial charge in [0.1, 0.15) is 5.82 Å². The molecule has 0 saturated carbocycles. The van der Waals surface area contributed by atoms with E-state index in [0.29, 0.717) is 28.8 Å². The second kappa shape index (κ2) is 6.94. The van der Waals surface area contributed by atoms with Crippen LogP contribution in [0.5, 0.6) is 0 Å². The first-order valence-corrected chi connectivity index (χ1v) is 8.15. The van der Waals surface area contributed by atoms with Crippen molar-refractivity contribution in [1.29, 1.82) is 0 Å². The van der Waals surface area contributed by atoms with Crippen LogP contribution in [0, 0.1) is 0 Å². The maximum Gasteiger partial charge on any atom is 0.239 e. The third-order valence-electron chi connectivity index (χ3n) is 4.16. The molecule has 4 heterocycles. The lowest BCUT2D eigenvalue weighted by Gasteiger charge is -2.13. The van der Waals surface area contributed by atoms with Gasteiger partial charge < -0.3 is 5.32 Å². The number of fused-ring (bicyclic) bond motifs is 1. The fourth-order valence-corrected chi connectivity index (χ4v) is 2.93. The molecule has 0 radical (unpaired) electrons. The maximum atomic E-state index is 12.2. The Labute approximate surface area is 151 Å². The van der Waals surface area contributed by atoms with Crippen LogP contribution in [0.15, 0.2) is 49.0 Å². The lowest BCUT2D eigenvalue weighted by atomic mass is 10.1. The van der Waals surface area contributed by atoms with E-state index in [-0.39, 0.29) is 29.7 Å². The molecule has 6 nitrogen and oxygen atoms in total. The maximum absolute atomic E-state index is 12.2. The second-order valence-electron chi connectivity index (χ2n) is 5.98. The highest BCUT2D eigenvalue weighted by atomic mass is 16.2. The number of likely N-dealkylation sites (tertiary alicyclic amines) is 1. The molecular formula is C19H19N5O. The Balaban J connectivity index is 1.64. The number of anilines is 1. The van der Waals surface area contributed by atoms with Crippen LogP contribution in [-0.2, 0) is 4.79 Å². The number of nitrogens with zero attached hydrogens (tertiary/aromatic N) is 4. The lowest BCUT2D eigenvalue weighted by molar-refractivity contribution is -0.117. The number of aromatic nitrogens is 3. The number of carbonyl (C=O) groups is 1. The number of carbonyl (C=O) groups excluding carboxylic acids is 1. The minimum atomic E-state index is -0.398. The van der Waals surface area contributed by atoms with Crippen molar-refractivity contribution in [2.24, 2.45) is 0 Å². The largest absolute Gasteiger partial charge is 0.310 e. The van der Waals surface area contributed by atoms with E-state index in [1.807, 2.05) is 0 Å². The van der Waals surface area contributed by atoms with E-state index in [1.54, 1.807) is 18.3 Å². The van der Waals surface area contributed by atoms with Crippen molar-refractivity contribution in [2.75, 3.05) is 25.0 Å². The number of hydrogen-bond donors (Lipinski definition) is 1. The summed E-state index contributed by atoms with van der Waals surface area (Å²) in [5.74, 6) is 0.275. The molecule has 1 N–H and O–H groups in total. The number of pyridine rings is 3. The third kappa shape index (κ3) is 3.64. The average molecular weight is 337 g/mol. The van der Waals surface area contributed by atoms with Gasteiger partial charge in [0, 0.05) is 35.1 Å². The second-order valence-corrected chi connectivity index (χ2v) is 5.98. The Hall–Kier alpha value is -2.86. The molecule has 0 aliphatic carbocycles. The highest BCUT2D eigenvalue weighted by Crippen LogP contribution is 2.23. The van der Waals surface area contributed by atoms with Crippen LogP contribution in [0.4, 0.5) is 5.82 Å². The molecule has 1 aliphatic heterocycles. The predicted octanol–water partition coefficient (Wildman–Crippen LogP) is 2.73. The summed E-state index contributed by atoms with van der Waals surface area (Å²) in [5.41, 5.74) is 1.20. The lowest BCUT2D eigenvalue weighted by Crippen LogP contribution is -2.31. The van der Waals surface area contributed by atoms with Gasteiger partial charge in [-0.25, -0.2) is 4.98 Å². The van der Waals surface area contributed by atoms with Crippen LogP contribution >= 0.6 is 0 Å². The summed E-state index contributed by atoms with van der Waals surface area (Å²) in [4.78, 5) is 26.6. The first kappa shape index (κ1) is 11.7. The summed E-state index contributed by atoms with van der Waals surface area (Å²) >= 11 is 0. The zero-order valence-corrected chi connectivity index (χ0v) is 13.5. The summed E-state index contributed by atoms with van der Waals surface area (Å²) < 4.78 is 31.4. The number of nitrogens with one attached hydrogen (secondary N) is 1. The fraction of sp³-hybridized carbons (Fsp3) is 0.263. The minimum absolute atomic E-state index is 0.126. The van der Waals surface area contributed by atoms with Crippen molar-refractivity contribution >= 4 is 22.6 Å². The Morgan fingerprint density at radius 2 is 2.08 bits per heavy atom. The molecule has 1 amide bonds. The smallest absolute Gasteiger partial charge is 0.239 e. The number of hydrogen-bond acceptors (Lipinski definition) is 5. The zero-order valence-electron chi connectivity index (χ0n) is 17.5. The summed E-state index contributed by atoms with van der Waals surface area (Å²) in [6.45, 7) is 2.19. The Morgan fingerprint density at radius 1 is 1.20 bits per heavy atom. The van der Waals surface area contributed by atoms with Crippen LogP contribution in [0.1, 0.15) is 18.3 Å². The zero-order chi connectivity index (χ0) is 20.5. The van der Waals surface area contributed by atoms with Crippen LogP contribution in [0.3, 0.4) is 0 Å². The molecule has 3 aromatic heterocycles. The van der Waals surface area contributed by atoms with Gasteiger partial charge >= 0.3 is 0 Å². The van der Waals surface area contributed by atoms with Gasteiger partial charge in [0.15, 0.2) is 0 Å². The molecule has 4 rings (SSSR count). The van der Waals surface area contributed by atoms with Gasteiger partial charge in [-0.2, -0.15) is 0 Å². The van der Waals surface area contributed by atoms with Gasteiger partial charge in [-0.1, -0.05) is 6.04 Å². The average Bonchev–Trinajstić information content (AvgIpc) is 3.19. The Morgan fingerprint density at radius 3 is 2.96 bits per heavy atom. The molecule has 0 bridgehead atoms. The van der Waals surface area contributed by atoms with Crippen LogP contribution < -0.4 is 5.32 Å². The number of rotatable bonds is 4. The standard InChI is InChI=1S/C19H19N5O/c25-19(13-24-6-1-2-7-24)23-18-9-15-8-16(11-21-17(15)12-22-18)14-4-3-5-20-10-14/h3-5,8-12H,1-2,6-7,13H2,(H,22,23,25)/i3D,4D,5D,10D. The predicted molar refractivity (Wildman–Crippen MR) is 97.1 cm³/mol. The number of amides is 1. The third-order valence-corrected chi connectivity index (χ3v) is 4.16. The molecule has 0 spiro atoms. The molecular weight excluding hydrogens is 314 g/mol. The van der Waals surface area contributed by atoms with Crippen molar-refractivity contribution < 1.29 is 10.3 Å².